The molecule has 4 nitrogen and oxygen atoms in total. The third-order valence-electron chi connectivity index (χ3n) is 4.72. The molecule has 1 heterocycles. The molecule has 0 aromatic heterocycles. The first kappa shape index (κ1) is 20.7. The van der Waals surface area contributed by atoms with Gasteiger partial charge in [0.1, 0.15) is 0 Å². The van der Waals surface area contributed by atoms with Gasteiger partial charge >= 0.3 is 12.2 Å². The van der Waals surface area contributed by atoms with E-state index in [4.69, 9.17) is 0 Å². The smallest absolute Gasteiger partial charge is 0.334 e. The summed E-state index contributed by atoms with van der Waals surface area (Å²) in [5.41, 5.74) is 0.525. The van der Waals surface area contributed by atoms with Crippen LogP contribution in [0.3, 0.4) is 0 Å². The number of nitrogens with zero attached hydrogens (tertiary/aromatic N) is 2. The Bertz CT molecular complexity index is 806. The standard InChI is InChI=1S/C20H21BrF3N3O/c21-17-7-6-16(18(12-17)20(22,23)24)13-25-19(28)27-10-8-26(9-11-27)14-15-4-2-1-3-5-15/h1-7,12H,8-11,13-14H2,(H,25,28). The summed E-state index contributed by atoms with van der Waals surface area (Å²) < 4.78 is 39.9. The van der Waals surface area contributed by atoms with Gasteiger partial charge in [-0.2, -0.15) is 13.2 Å². The minimum Gasteiger partial charge on any atom is -0.334 e. The van der Waals surface area contributed by atoms with Gasteiger partial charge < -0.3 is 10.2 Å². The quantitative estimate of drug-likeness (QED) is 0.736. The van der Waals surface area contributed by atoms with E-state index in [1.54, 1.807) is 11.0 Å². The maximum atomic E-state index is 13.2. The summed E-state index contributed by atoms with van der Waals surface area (Å²) >= 11 is 3.06. The maximum Gasteiger partial charge on any atom is 0.416 e. The number of halogens is 4. The minimum absolute atomic E-state index is 0.0479. The predicted octanol–water partition coefficient (Wildman–Crippen LogP) is 4.50. The molecule has 150 valence electrons. The monoisotopic (exact) mass is 455 g/mol. The Kier molecular flexibility index (Phi) is 6.61. The fourth-order valence-electron chi connectivity index (χ4n) is 3.20. The summed E-state index contributed by atoms with van der Waals surface area (Å²) in [6.45, 7) is 3.22. The van der Waals surface area contributed by atoms with Crippen LogP contribution >= 0.6 is 15.9 Å². The van der Waals surface area contributed by atoms with Crippen molar-refractivity contribution < 1.29 is 18.0 Å². The van der Waals surface area contributed by atoms with Gasteiger partial charge in [-0.25, -0.2) is 4.79 Å². The van der Waals surface area contributed by atoms with Gasteiger partial charge in [0.05, 0.1) is 5.56 Å². The van der Waals surface area contributed by atoms with Crippen molar-refractivity contribution >= 4 is 22.0 Å². The fraction of sp³-hybridized carbons (Fsp3) is 0.350. The largest absolute Gasteiger partial charge is 0.416 e. The van der Waals surface area contributed by atoms with Gasteiger partial charge in [0.15, 0.2) is 0 Å². The van der Waals surface area contributed by atoms with Crippen LogP contribution in [-0.2, 0) is 19.3 Å². The highest BCUT2D eigenvalue weighted by molar-refractivity contribution is 9.10. The fourth-order valence-corrected chi connectivity index (χ4v) is 3.56. The summed E-state index contributed by atoms with van der Waals surface area (Å²) in [4.78, 5) is 16.3. The zero-order valence-electron chi connectivity index (χ0n) is 15.2. The molecule has 28 heavy (non-hydrogen) atoms. The Labute approximate surface area is 170 Å². The molecule has 8 heteroatoms. The van der Waals surface area contributed by atoms with Gasteiger partial charge in [0.25, 0.3) is 0 Å². The second-order valence-corrected chi connectivity index (χ2v) is 7.62. The molecule has 2 aromatic rings. The normalized spacial score (nSPS) is 15.5. The lowest BCUT2D eigenvalue weighted by Gasteiger charge is -2.34. The highest BCUT2D eigenvalue weighted by Gasteiger charge is 2.33. The molecular formula is C20H21BrF3N3O. The highest BCUT2D eigenvalue weighted by Crippen LogP contribution is 2.33. The minimum atomic E-state index is -4.47. The SMILES string of the molecule is O=C(NCc1ccc(Br)cc1C(F)(F)F)N1CCN(Cc2ccccc2)CC1. The van der Waals surface area contributed by atoms with Gasteiger partial charge in [0.2, 0.25) is 0 Å². The summed E-state index contributed by atoms with van der Waals surface area (Å²) in [6, 6.07) is 13.7. The number of amides is 2. The summed E-state index contributed by atoms with van der Waals surface area (Å²) in [6.07, 6.45) is -4.47. The number of urea groups is 1. The number of carbonyl (C=O) groups excluding carboxylic acids is 1. The van der Waals surface area contributed by atoms with Crippen molar-refractivity contribution in [3.05, 3.63) is 69.7 Å². The van der Waals surface area contributed by atoms with Crippen LogP contribution in [0.2, 0.25) is 0 Å². The molecule has 0 atom stereocenters. The van der Waals surface area contributed by atoms with E-state index in [0.29, 0.717) is 17.6 Å². The molecular weight excluding hydrogens is 435 g/mol. The second-order valence-electron chi connectivity index (χ2n) is 6.71. The molecule has 0 aliphatic carbocycles. The third kappa shape index (κ3) is 5.48. The van der Waals surface area contributed by atoms with Crippen molar-refractivity contribution in [3.8, 4) is 0 Å². The van der Waals surface area contributed by atoms with E-state index in [9.17, 15) is 18.0 Å². The first-order valence-electron chi connectivity index (χ1n) is 8.97. The van der Waals surface area contributed by atoms with Crippen LogP contribution in [0.15, 0.2) is 53.0 Å². The molecule has 1 fully saturated rings. The van der Waals surface area contributed by atoms with Gasteiger partial charge in [-0.1, -0.05) is 52.3 Å². The Hall–Kier alpha value is -2.06. The number of hydrogen-bond acceptors (Lipinski definition) is 2. The number of carbonyl (C=O) groups is 1. The van der Waals surface area contributed by atoms with Crippen LogP contribution < -0.4 is 5.32 Å². The first-order chi connectivity index (χ1) is 13.3. The van der Waals surface area contributed by atoms with Crippen LogP contribution in [0.5, 0.6) is 0 Å². The number of piperazine rings is 1. The Morgan fingerprint density at radius 2 is 1.71 bits per heavy atom. The molecule has 1 saturated heterocycles. The lowest BCUT2D eigenvalue weighted by atomic mass is 10.1. The molecule has 0 unspecified atom stereocenters. The summed E-state index contributed by atoms with van der Waals surface area (Å²) in [7, 11) is 0. The van der Waals surface area contributed by atoms with Crippen LogP contribution in [0, 0.1) is 0 Å². The first-order valence-corrected chi connectivity index (χ1v) is 9.77. The van der Waals surface area contributed by atoms with Gasteiger partial charge in [-0.15, -0.1) is 0 Å². The van der Waals surface area contributed by atoms with Gasteiger partial charge in [0, 0.05) is 43.7 Å². The Balaban J connectivity index is 1.52. The Morgan fingerprint density at radius 3 is 2.36 bits per heavy atom. The molecule has 1 aliphatic heterocycles. The van der Waals surface area contributed by atoms with Crippen LogP contribution in [0.25, 0.3) is 0 Å². The number of hydrogen-bond donors (Lipinski definition) is 1. The molecule has 0 saturated carbocycles. The van der Waals surface area contributed by atoms with Gasteiger partial charge in [-0.3, -0.25) is 4.90 Å². The van der Waals surface area contributed by atoms with E-state index in [1.807, 2.05) is 18.2 Å². The molecule has 2 aromatic carbocycles. The molecule has 2 amide bonds. The average Bonchev–Trinajstić information content (AvgIpc) is 2.67. The van der Waals surface area contributed by atoms with Crippen molar-refractivity contribution in [1.29, 1.82) is 0 Å². The number of nitrogens with one attached hydrogen (secondary N) is 1. The van der Waals surface area contributed by atoms with Crippen LogP contribution in [0.1, 0.15) is 16.7 Å². The van der Waals surface area contributed by atoms with E-state index in [2.05, 4.69) is 38.3 Å². The lowest BCUT2D eigenvalue weighted by Crippen LogP contribution is -2.51. The highest BCUT2D eigenvalue weighted by atomic mass is 79.9. The maximum absolute atomic E-state index is 13.2. The second kappa shape index (κ2) is 8.96. The van der Waals surface area contributed by atoms with E-state index in [-0.39, 0.29) is 18.1 Å². The summed E-state index contributed by atoms with van der Waals surface area (Å²) in [5, 5.41) is 2.62. The Morgan fingerprint density at radius 1 is 1.04 bits per heavy atom. The van der Waals surface area contributed by atoms with Crippen molar-refractivity contribution in [3.63, 3.8) is 0 Å². The molecule has 3 rings (SSSR count). The van der Waals surface area contributed by atoms with Crippen LogP contribution in [0.4, 0.5) is 18.0 Å². The molecule has 1 aliphatic rings. The van der Waals surface area contributed by atoms with E-state index in [0.717, 1.165) is 25.7 Å². The van der Waals surface area contributed by atoms with Crippen molar-refractivity contribution in [2.75, 3.05) is 26.2 Å². The van der Waals surface area contributed by atoms with Crippen molar-refractivity contribution in [2.24, 2.45) is 0 Å². The third-order valence-corrected chi connectivity index (χ3v) is 5.21. The predicted molar refractivity (Wildman–Crippen MR) is 105 cm³/mol. The van der Waals surface area contributed by atoms with E-state index < -0.39 is 11.7 Å². The summed E-state index contributed by atoms with van der Waals surface area (Å²) in [5.74, 6) is 0. The zero-order chi connectivity index (χ0) is 20.1. The molecule has 0 spiro atoms. The topological polar surface area (TPSA) is 35.6 Å². The molecule has 0 radical (unpaired) electrons. The van der Waals surface area contributed by atoms with Gasteiger partial charge in [-0.05, 0) is 23.3 Å². The number of rotatable bonds is 4. The zero-order valence-corrected chi connectivity index (χ0v) is 16.8. The molecule has 0 bridgehead atoms. The van der Waals surface area contributed by atoms with Crippen molar-refractivity contribution in [1.82, 2.24) is 15.1 Å². The molecule has 1 N–H and O–H groups in total. The van der Waals surface area contributed by atoms with E-state index in [1.165, 1.54) is 11.6 Å². The lowest BCUT2D eigenvalue weighted by molar-refractivity contribution is -0.138. The van der Waals surface area contributed by atoms with E-state index >= 15 is 0 Å². The average molecular weight is 456 g/mol. The van der Waals surface area contributed by atoms with Crippen molar-refractivity contribution in [2.45, 2.75) is 19.3 Å². The van der Waals surface area contributed by atoms with Crippen LogP contribution in [-0.4, -0.2) is 42.0 Å². The number of alkyl halides is 3. The number of benzene rings is 2.